The van der Waals surface area contributed by atoms with Gasteiger partial charge in [0.15, 0.2) is 0 Å². The fourth-order valence-corrected chi connectivity index (χ4v) is 6.64. The molecule has 0 bridgehead atoms. The predicted octanol–water partition coefficient (Wildman–Crippen LogP) is 3.54. The minimum Gasteiger partial charge on any atom is -0.550 e. The maximum absolute atomic E-state index is 11.5. The van der Waals surface area contributed by atoms with Crippen LogP contribution in [0, 0.1) is 28.6 Å². The summed E-state index contributed by atoms with van der Waals surface area (Å²) < 4.78 is 0. The SMILES string of the molecule is C=C1CCC2[C@@H](O)C([C@@]3(C)CC[C@H](O)C[C@@H]3CNc3cccnc3)CC[C@@]12C.CC(=O)[O-].[NH4+]. The summed E-state index contributed by atoms with van der Waals surface area (Å²) in [5.74, 6) is -0.107. The second-order valence-electron chi connectivity index (χ2n) is 10.5. The molecular weight excluding hydrogens is 418 g/mol. The number of rotatable bonds is 4. The molecule has 1 heterocycles. The highest BCUT2D eigenvalue weighted by Crippen LogP contribution is 2.61. The van der Waals surface area contributed by atoms with E-state index in [1.54, 1.807) is 6.20 Å². The van der Waals surface area contributed by atoms with Crippen LogP contribution in [0.5, 0.6) is 0 Å². The molecule has 0 aliphatic heterocycles. The number of aromatic nitrogens is 1. The Kier molecular flexibility index (Phi) is 9.08. The van der Waals surface area contributed by atoms with E-state index >= 15 is 0 Å². The van der Waals surface area contributed by atoms with Crippen molar-refractivity contribution in [3.8, 4) is 0 Å². The number of nitrogens with zero attached hydrogens (tertiary/aromatic N) is 1. The van der Waals surface area contributed by atoms with E-state index < -0.39 is 5.97 Å². The van der Waals surface area contributed by atoms with Crippen molar-refractivity contribution in [2.45, 2.75) is 77.9 Å². The Labute approximate surface area is 198 Å². The average Bonchev–Trinajstić information content (AvgIpc) is 3.05. The number of pyridine rings is 1. The second-order valence-corrected chi connectivity index (χ2v) is 10.5. The molecule has 7 nitrogen and oxygen atoms in total. The van der Waals surface area contributed by atoms with Crippen molar-refractivity contribution in [2.75, 3.05) is 11.9 Å². The third-order valence-electron chi connectivity index (χ3n) is 8.75. The summed E-state index contributed by atoms with van der Waals surface area (Å²) in [5, 5.41) is 34.3. The van der Waals surface area contributed by atoms with Crippen molar-refractivity contribution >= 4 is 11.7 Å². The smallest absolute Gasteiger partial charge is 0.0610 e. The number of carboxylic acids is 1. The minimum atomic E-state index is -1.08. The summed E-state index contributed by atoms with van der Waals surface area (Å²) in [7, 11) is 0. The highest BCUT2D eigenvalue weighted by Gasteiger charge is 2.56. The van der Waals surface area contributed by atoms with Crippen LogP contribution in [0.25, 0.3) is 0 Å². The Balaban J connectivity index is 0.000000714. The molecule has 0 amide bonds. The third kappa shape index (κ3) is 5.76. The maximum atomic E-state index is 11.5. The Morgan fingerprint density at radius 2 is 1.94 bits per heavy atom. The quantitative estimate of drug-likeness (QED) is 0.505. The molecule has 0 radical (unpaired) electrons. The fraction of sp³-hybridized carbons (Fsp3) is 0.692. The molecule has 0 spiro atoms. The van der Waals surface area contributed by atoms with Crippen LogP contribution in [0.3, 0.4) is 0 Å². The van der Waals surface area contributed by atoms with E-state index in [1.165, 1.54) is 5.57 Å². The number of carbonyl (C=O) groups is 1. The molecule has 1 aromatic heterocycles. The van der Waals surface area contributed by atoms with Crippen molar-refractivity contribution < 1.29 is 20.1 Å². The van der Waals surface area contributed by atoms with Crippen LogP contribution >= 0.6 is 0 Å². The number of aliphatic carboxylic acids is 1. The first kappa shape index (κ1) is 27.3. The largest absolute Gasteiger partial charge is 0.550 e. The van der Waals surface area contributed by atoms with Gasteiger partial charge in [0.1, 0.15) is 0 Å². The lowest BCUT2D eigenvalue weighted by molar-refractivity contribution is -0.302. The number of carbonyl (C=O) groups excluding carboxylic acids is 1. The Hall–Kier alpha value is -1.96. The normalized spacial score (nSPS) is 37.7. The fourth-order valence-electron chi connectivity index (χ4n) is 6.64. The highest BCUT2D eigenvalue weighted by atomic mass is 16.4. The summed E-state index contributed by atoms with van der Waals surface area (Å²) in [5.41, 5.74) is 2.52. The molecule has 186 valence electrons. The van der Waals surface area contributed by atoms with Crippen LogP contribution in [0.1, 0.15) is 65.7 Å². The molecule has 3 aliphatic rings. The Morgan fingerprint density at radius 1 is 1.24 bits per heavy atom. The zero-order valence-corrected chi connectivity index (χ0v) is 20.7. The summed E-state index contributed by atoms with van der Waals surface area (Å²) in [4.78, 5) is 13.1. The van der Waals surface area contributed by atoms with Gasteiger partial charge in [0.2, 0.25) is 0 Å². The molecule has 3 aliphatic carbocycles. The van der Waals surface area contributed by atoms with Gasteiger partial charge in [0.25, 0.3) is 0 Å². The van der Waals surface area contributed by atoms with Crippen molar-refractivity contribution in [1.29, 1.82) is 0 Å². The van der Waals surface area contributed by atoms with Crippen molar-refractivity contribution in [3.05, 3.63) is 36.7 Å². The molecule has 0 saturated heterocycles. The maximum Gasteiger partial charge on any atom is 0.0610 e. The Morgan fingerprint density at radius 3 is 2.58 bits per heavy atom. The van der Waals surface area contributed by atoms with Gasteiger partial charge in [-0.2, -0.15) is 0 Å². The van der Waals surface area contributed by atoms with E-state index in [-0.39, 0.29) is 29.2 Å². The van der Waals surface area contributed by atoms with Gasteiger partial charge in [0, 0.05) is 24.9 Å². The summed E-state index contributed by atoms with van der Waals surface area (Å²) in [6.07, 6.45) is 10.1. The molecular formula is C26H43N3O4. The zero-order valence-electron chi connectivity index (χ0n) is 20.7. The Bertz CT molecular complexity index is 800. The van der Waals surface area contributed by atoms with Gasteiger partial charge in [-0.3, -0.25) is 4.98 Å². The third-order valence-corrected chi connectivity index (χ3v) is 8.75. The number of aliphatic hydroxyl groups is 2. The van der Waals surface area contributed by atoms with Crippen molar-refractivity contribution in [3.63, 3.8) is 0 Å². The first-order valence-corrected chi connectivity index (χ1v) is 11.9. The van der Waals surface area contributed by atoms with Crippen molar-refractivity contribution in [2.24, 2.45) is 28.6 Å². The highest BCUT2D eigenvalue weighted by molar-refractivity contribution is 5.60. The van der Waals surface area contributed by atoms with E-state index in [1.807, 2.05) is 18.3 Å². The van der Waals surface area contributed by atoms with E-state index in [9.17, 15) is 10.2 Å². The topological polar surface area (TPSA) is 142 Å². The summed E-state index contributed by atoms with van der Waals surface area (Å²) in [6.45, 7) is 10.8. The number of allylic oxidation sites excluding steroid dienone is 1. The molecule has 0 aromatic carbocycles. The average molecular weight is 462 g/mol. The van der Waals surface area contributed by atoms with Crippen LogP contribution in [-0.4, -0.2) is 39.9 Å². The minimum absolute atomic E-state index is 0. The molecule has 7 atom stereocenters. The van der Waals surface area contributed by atoms with Crippen molar-refractivity contribution in [1.82, 2.24) is 11.1 Å². The van der Waals surface area contributed by atoms with Gasteiger partial charge in [-0.25, -0.2) is 0 Å². The zero-order chi connectivity index (χ0) is 23.5. The molecule has 7 N–H and O–H groups in total. The van der Waals surface area contributed by atoms with Gasteiger partial charge in [-0.1, -0.05) is 26.0 Å². The van der Waals surface area contributed by atoms with Gasteiger partial charge in [0.05, 0.1) is 17.9 Å². The monoisotopic (exact) mass is 461 g/mol. The van der Waals surface area contributed by atoms with Gasteiger partial charge in [-0.15, -0.1) is 0 Å². The number of anilines is 1. The molecule has 3 saturated carbocycles. The van der Waals surface area contributed by atoms with Crippen LogP contribution in [0.2, 0.25) is 0 Å². The molecule has 4 rings (SSSR count). The van der Waals surface area contributed by atoms with E-state index in [0.717, 1.165) is 64.1 Å². The number of quaternary nitrogens is 1. The first-order valence-electron chi connectivity index (χ1n) is 11.9. The lowest BCUT2D eigenvalue weighted by atomic mass is 9.52. The molecule has 33 heavy (non-hydrogen) atoms. The number of nitrogens with one attached hydrogen (secondary N) is 1. The molecule has 2 unspecified atom stereocenters. The summed E-state index contributed by atoms with van der Waals surface area (Å²) >= 11 is 0. The van der Waals surface area contributed by atoms with Gasteiger partial charge in [-0.05, 0) is 92.6 Å². The van der Waals surface area contributed by atoms with E-state index in [4.69, 9.17) is 9.90 Å². The lowest BCUT2D eigenvalue weighted by Gasteiger charge is -2.55. The van der Waals surface area contributed by atoms with Gasteiger partial charge >= 0.3 is 0 Å². The van der Waals surface area contributed by atoms with Crippen LogP contribution in [0.4, 0.5) is 5.69 Å². The van der Waals surface area contributed by atoms with Gasteiger partial charge < -0.3 is 31.6 Å². The van der Waals surface area contributed by atoms with Crippen LogP contribution in [-0.2, 0) is 4.79 Å². The lowest BCUT2D eigenvalue weighted by Crippen LogP contribution is -2.53. The first-order chi connectivity index (χ1) is 15.1. The molecule has 7 heteroatoms. The summed E-state index contributed by atoms with van der Waals surface area (Å²) in [6, 6.07) is 3.98. The van der Waals surface area contributed by atoms with Crippen LogP contribution in [0.15, 0.2) is 36.7 Å². The number of aliphatic hydroxyl groups excluding tert-OH is 2. The van der Waals surface area contributed by atoms with E-state index in [2.05, 4.69) is 30.7 Å². The standard InChI is InChI=1S/C24H36N2O2.C2H4O2.H3N/c1-16-6-7-20-22(28)21(9-11-23(16,20)2)24(3)10-8-19(27)13-17(24)14-26-18-5-4-12-25-15-18;1-2(3)4;/h4-5,12,15,17,19-22,26-28H,1,6-11,13-14H2,2-3H3;1H3,(H,3,4);1H3/t17-,19+,20?,21?,22-,23+,24+;;/m1../s1. The predicted molar refractivity (Wildman–Crippen MR) is 130 cm³/mol. The van der Waals surface area contributed by atoms with E-state index in [0.29, 0.717) is 17.8 Å². The second kappa shape index (κ2) is 11.0. The number of carboxylic acid groups (broad SMARTS) is 1. The van der Waals surface area contributed by atoms with Crippen LogP contribution < -0.4 is 16.6 Å². The number of fused-ring (bicyclic) bond motifs is 1. The number of hydrogen-bond donors (Lipinski definition) is 4. The molecule has 1 aromatic rings. The number of hydrogen-bond acceptors (Lipinski definition) is 6. The molecule has 3 fully saturated rings.